The molecule has 1 aromatic rings. The first-order valence-electron chi connectivity index (χ1n) is 7.65. The van der Waals surface area contributed by atoms with Gasteiger partial charge in [0, 0.05) is 17.6 Å². The second-order valence-corrected chi connectivity index (χ2v) is 7.37. The smallest absolute Gasteiger partial charge is 0.232 e. The van der Waals surface area contributed by atoms with Gasteiger partial charge in [0.25, 0.3) is 0 Å². The summed E-state index contributed by atoms with van der Waals surface area (Å²) in [6.07, 6.45) is 2.31. The lowest BCUT2D eigenvalue weighted by molar-refractivity contribution is -0.138. The molecule has 1 atom stereocenters. The molecule has 5 heteroatoms. The molecule has 22 heavy (non-hydrogen) atoms. The van der Waals surface area contributed by atoms with Crippen LogP contribution >= 0.6 is 28.3 Å². The van der Waals surface area contributed by atoms with Crippen LogP contribution in [-0.4, -0.2) is 37.5 Å². The lowest BCUT2D eigenvalue weighted by Crippen LogP contribution is -2.49. The molecule has 0 aliphatic carbocycles. The standard InChI is InChI=1S/C17H25BrN2O.ClH/c1-17(2,14-7-4-8-15(18)10-14)16(21)20-9-5-6-13(12-20)11-19-3;/h4,7-8,10,13,19H,5-6,9,11-12H2,1-3H3;1H. The average molecular weight is 390 g/mol. The summed E-state index contributed by atoms with van der Waals surface area (Å²) in [5.74, 6) is 0.812. The number of rotatable bonds is 4. The van der Waals surface area contributed by atoms with E-state index >= 15 is 0 Å². The van der Waals surface area contributed by atoms with Crippen LogP contribution in [-0.2, 0) is 10.2 Å². The summed E-state index contributed by atoms with van der Waals surface area (Å²) in [4.78, 5) is 15.0. The van der Waals surface area contributed by atoms with Crippen molar-refractivity contribution in [1.29, 1.82) is 0 Å². The fourth-order valence-corrected chi connectivity index (χ4v) is 3.50. The van der Waals surface area contributed by atoms with Crippen LogP contribution in [0.2, 0.25) is 0 Å². The molecule has 0 bridgehead atoms. The number of hydrogen-bond acceptors (Lipinski definition) is 2. The summed E-state index contributed by atoms with van der Waals surface area (Å²) in [5.41, 5.74) is 0.586. The Hall–Kier alpha value is -0.580. The van der Waals surface area contributed by atoms with E-state index in [1.165, 1.54) is 6.42 Å². The highest BCUT2D eigenvalue weighted by molar-refractivity contribution is 9.10. The van der Waals surface area contributed by atoms with Gasteiger partial charge in [0.15, 0.2) is 0 Å². The summed E-state index contributed by atoms with van der Waals surface area (Å²) < 4.78 is 1.02. The molecule has 3 nitrogen and oxygen atoms in total. The van der Waals surface area contributed by atoms with Crippen molar-refractivity contribution < 1.29 is 4.79 Å². The largest absolute Gasteiger partial charge is 0.342 e. The molecule has 1 saturated heterocycles. The van der Waals surface area contributed by atoms with E-state index in [0.29, 0.717) is 5.92 Å². The van der Waals surface area contributed by atoms with Crippen LogP contribution in [0.15, 0.2) is 28.7 Å². The van der Waals surface area contributed by atoms with Crippen LogP contribution in [0.1, 0.15) is 32.3 Å². The molecule has 2 rings (SSSR count). The topological polar surface area (TPSA) is 32.3 Å². The van der Waals surface area contributed by atoms with Crippen LogP contribution in [0.3, 0.4) is 0 Å². The molecule has 1 aliphatic heterocycles. The Kier molecular flexibility index (Phi) is 7.36. The van der Waals surface area contributed by atoms with Gasteiger partial charge in [-0.3, -0.25) is 4.79 Å². The predicted octanol–water partition coefficient (Wildman–Crippen LogP) is 3.61. The van der Waals surface area contributed by atoms with Gasteiger partial charge in [0.05, 0.1) is 5.41 Å². The second kappa shape index (κ2) is 8.32. The second-order valence-electron chi connectivity index (χ2n) is 6.45. The van der Waals surface area contributed by atoms with Crippen LogP contribution in [0.4, 0.5) is 0 Å². The summed E-state index contributed by atoms with van der Waals surface area (Å²) in [5, 5.41) is 3.23. The van der Waals surface area contributed by atoms with E-state index in [2.05, 4.69) is 21.2 Å². The number of carbonyl (C=O) groups is 1. The van der Waals surface area contributed by atoms with Crippen molar-refractivity contribution in [2.45, 2.75) is 32.1 Å². The number of halogens is 2. The molecule has 1 heterocycles. The van der Waals surface area contributed by atoms with E-state index in [1.54, 1.807) is 0 Å². The number of nitrogens with one attached hydrogen (secondary N) is 1. The maximum Gasteiger partial charge on any atom is 0.232 e. The molecule has 1 aliphatic rings. The number of amides is 1. The minimum absolute atomic E-state index is 0. The van der Waals surface area contributed by atoms with Gasteiger partial charge in [-0.15, -0.1) is 12.4 Å². The van der Waals surface area contributed by atoms with Crippen molar-refractivity contribution in [3.63, 3.8) is 0 Å². The first-order chi connectivity index (χ1) is 9.95. The lowest BCUT2D eigenvalue weighted by atomic mass is 9.82. The zero-order valence-corrected chi connectivity index (χ0v) is 16.0. The van der Waals surface area contributed by atoms with E-state index < -0.39 is 5.41 Å². The lowest BCUT2D eigenvalue weighted by Gasteiger charge is -2.38. The van der Waals surface area contributed by atoms with E-state index in [1.807, 2.05) is 50.1 Å². The third-order valence-electron chi connectivity index (χ3n) is 4.38. The van der Waals surface area contributed by atoms with Gasteiger partial charge in [-0.25, -0.2) is 0 Å². The molecule has 0 saturated carbocycles. The Bertz CT molecular complexity index is 505. The van der Waals surface area contributed by atoms with Crippen molar-refractivity contribution in [2.24, 2.45) is 5.92 Å². The molecule has 0 spiro atoms. The molecule has 1 aromatic carbocycles. The number of hydrogen-bond donors (Lipinski definition) is 1. The molecular weight excluding hydrogens is 364 g/mol. The van der Waals surface area contributed by atoms with Crippen LogP contribution in [0.25, 0.3) is 0 Å². The fraction of sp³-hybridized carbons (Fsp3) is 0.588. The first-order valence-corrected chi connectivity index (χ1v) is 8.44. The highest BCUT2D eigenvalue weighted by Crippen LogP contribution is 2.29. The van der Waals surface area contributed by atoms with Crippen molar-refractivity contribution in [2.75, 3.05) is 26.7 Å². The average Bonchev–Trinajstić information content (AvgIpc) is 2.47. The molecule has 1 unspecified atom stereocenters. The minimum Gasteiger partial charge on any atom is -0.342 e. The van der Waals surface area contributed by atoms with Gasteiger partial charge < -0.3 is 10.2 Å². The van der Waals surface area contributed by atoms with Gasteiger partial charge in [0.2, 0.25) is 5.91 Å². The van der Waals surface area contributed by atoms with Crippen LogP contribution in [0, 0.1) is 5.92 Å². The molecule has 1 amide bonds. The maximum absolute atomic E-state index is 13.0. The van der Waals surface area contributed by atoms with E-state index in [4.69, 9.17) is 0 Å². The fourth-order valence-electron chi connectivity index (χ4n) is 3.10. The monoisotopic (exact) mass is 388 g/mol. The summed E-state index contributed by atoms with van der Waals surface area (Å²) in [6.45, 7) is 6.80. The number of likely N-dealkylation sites (tertiary alicyclic amines) is 1. The summed E-state index contributed by atoms with van der Waals surface area (Å²) in [7, 11) is 1.98. The Labute approximate surface area is 148 Å². The van der Waals surface area contributed by atoms with Gasteiger partial charge in [-0.05, 0) is 63.9 Å². The number of carbonyl (C=O) groups excluding carboxylic acids is 1. The molecule has 124 valence electrons. The number of nitrogens with zero attached hydrogens (tertiary/aromatic N) is 1. The van der Waals surface area contributed by atoms with Crippen molar-refractivity contribution in [3.8, 4) is 0 Å². The van der Waals surface area contributed by atoms with Gasteiger partial charge in [-0.1, -0.05) is 28.1 Å². The zero-order valence-electron chi connectivity index (χ0n) is 13.6. The predicted molar refractivity (Wildman–Crippen MR) is 97.6 cm³/mol. The minimum atomic E-state index is -0.481. The van der Waals surface area contributed by atoms with E-state index in [-0.39, 0.29) is 18.3 Å². The Morgan fingerprint density at radius 3 is 2.82 bits per heavy atom. The van der Waals surface area contributed by atoms with Crippen molar-refractivity contribution in [3.05, 3.63) is 34.3 Å². The maximum atomic E-state index is 13.0. The molecule has 0 radical (unpaired) electrons. The summed E-state index contributed by atoms with van der Waals surface area (Å²) in [6, 6.07) is 8.08. The normalized spacial score (nSPS) is 18.7. The Balaban J connectivity index is 0.00000242. The number of piperidine rings is 1. The summed E-state index contributed by atoms with van der Waals surface area (Å²) >= 11 is 3.50. The molecule has 0 aromatic heterocycles. The van der Waals surface area contributed by atoms with Gasteiger partial charge in [-0.2, -0.15) is 0 Å². The highest BCUT2D eigenvalue weighted by atomic mass is 79.9. The van der Waals surface area contributed by atoms with Crippen LogP contribution in [0.5, 0.6) is 0 Å². The number of benzene rings is 1. The third kappa shape index (κ3) is 4.46. The SMILES string of the molecule is CNCC1CCCN(C(=O)C(C)(C)c2cccc(Br)c2)C1.Cl. The quantitative estimate of drug-likeness (QED) is 0.853. The Morgan fingerprint density at radius 2 is 2.18 bits per heavy atom. The molecule has 1 fully saturated rings. The van der Waals surface area contributed by atoms with E-state index in [9.17, 15) is 4.79 Å². The van der Waals surface area contributed by atoms with Crippen molar-refractivity contribution >= 4 is 34.2 Å². The van der Waals surface area contributed by atoms with E-state index in [0.717, 1.165) is 36.1 Å². The highest BCUT2D eigenvalue weighted by Gasteiger charge is 2.35. The Morgan fingerprint density at radius 1 is 1.45 bits per heavy atom. The third-order valence-corrected chi connectivity index (χ3v) is 4.87. The molecule has 1 N–H and O–H groups in total. The van der Waals surface area contributed by atoms with Crippen LogP contribution < -0.4 is 5.32 Å². The molecular formula is C17H26BrClN2O. The zero-order chi connectivity index (χ0) is 15.5. The van der Waals surface area contributed by atoms with Gasteiger partial charge >= 0.3 is 0 Å². The van der Waals surface area contributed by atoms with Gasteiger partial charge in [0.1, 0.15) is 0 Å². The first kappa shape index (κ1) is 19.5. The van der Waals surface area contributed by atoms with Crippen molar-refractivity contribution in [1.82, 2.24) is 10.2 Å².